The molecule has 59 heavy (non-hydrogen) atoms. The zero-order valence-electron chi connectivity index (χ0n) is 32.5. The third-order valence-corrected chi connectivity index (χ3v) is 11.8. The fraction of sp³-hybridized carbons (Fsp3) is 0. The quantitative estimate of drug-likeness (QED) is 0.147. The molecule has 1 nitrogen and oxygen atoms in total. The molecule has 0 saturated carbocycles. The summed E-state index contributed by atoms with van der Waals surface area (Å²) in [6.45, 7) is 0. The van der Waals surface area contributed by atoms with Gasteiger partial charge in [-0.1, -0.05) is 188 Å². The maximum absolute atomic E-state index is 2.35. The van der Waals surface area contributed by atoms with Crippen LogP contribution in [0.4, 0.5) is 17.1 Å². The lowest BCUT2D eigenvalue weighted by Gasteiger charge is -2.26. The van der Waals surface area contributed by atoms with Crippen molar-refractivity contribution in [3.05, 3.63) is 237 Å². The second kappa shape index (κ2) is 14.6. The summed E-state index contributed by atoms with van der Waals surface area (Å²) in [5.74, 6) is 0. The Kier molecular flexibility index (Phi) is 8.56. The minimum atomic E-state index is 1.11. The van der Waals surface area contributed by atoms with Crippen LogP contribution in [0.5, 0.6) is 0 Å². The summed E-state index contributed by atoms with van der Waals surface area (Å²) in [5.41, 5.74) is 13.1. The van der Waals surface area contributed by atoms with Crippen LogP contribution in [0, 0.1) is 0 Å². The summed E-state index contributed by atoms with van der Waals surface area (Å²) in [7, 11) is 0. The largest absolute Gasteiger partial charge is 0.311 e. The molecule has 0 aliphatic rings. The molecule has 0 fully saturated rings. The van der Waals surface area contributed by atoms with E-state index >= 15 is 0 Å². The first-order valence-electron chi connectivity index (χ1n) is 20.3. The van der Waals surface area contributed by atoms with E-state index < -0.39 is 0 Å². The van der Waals surface area contributed by atoms with Crippen molar-refractivity contribution in [2.45, 2.75) is 0 Å². The monoisotopic (exact) mass is 749 g/mol. The van der Waals surface area contributed by atoms with Crippen molar-refractivity contribution in [1.29, 1.82) is 0 Å². The molecule has 0 radical (unpaired) electrons. The Morgan fingerprint density at radius 3 is 1.37 bits per heavy atom. The highest BCUT2D eigenvalue weighted by atomic mass is 15.1. The summed E-state index contributed by atoms with van der Waals surface area (Å²) < 4.78 is 0. The van der Waals surface area contributed by atoms with Crippen LogP contribution in [0.3, 0.4) is 0 Å². The van der Waals surface area contributed by atoms with Crippen LogP contribution in [-0.4, -0.2) is 0 Å². The SMILES string of the molecule is c1ccc(-c2ccc(-c3cccc(-c4ccc(N(c5ccccc5)c5ccc(-c6cc7ccccc7c7c6ccc6ccccc67)cc5)cc4)c3)c3ccccc23)cc1. The van der Waals surface area contributed by atoms with Crippen molar-refractivity contribution in [3.8, 4) is 44.5 Å². The summed E-state index contributed by atoms with van der Waals surface area (Å²) in [5, 5.41) is 10.2. The normalized spacial score (nSPS) is 11.4. The van der Waals surface area contributed by atoms with Gasteiger partial charge in [-0.25, -0.2) is 0 Å². The fourth-order valence-corrected chi connectivity index (χ4v) is 9.01. The molecule has 1 heteroatoms. The van der Waals surface area contributed by atoms with E-state index in [1.807, 2.05) is 0 Å². The molecule has 0 saturated heterocycles. The van der Waals surface area contributed by atoms with Gasteiger partial charge >= 0.3 is 0 Å². The highest BCUT2D eigenvalue weighted by Gasteiger charge is 2.16. The second-order valence-corrected chi connectivity index (χ2v) is 15.3. The molecular formula is C58H39N. The summed E-state index contributed by atoms with van der Waals surface area (Å²) in [6.07, 6.45) is 0. The number of rotatable bonds is 7. The molecule has 0 bridgehead atoms. The van der Waals surface area contributed by atoms with Crippen LogP contribution in [0.2, 0.25) is 0 Å². The number of hydrogen-bond acceptors (Lipinski definition) is 1. The van der Waals surface area contributed by atoms with Gasteiger partial charge in [-0.15, -0.1) is 0 Å². The van der Waals surface area contributed by atoms with Crippen molar-refractivity contribution in [3.63, 3.8) is 0 Å². The second-order valence-electron chi connectivity index (χ2n) is 15.3. The topological polar surface area (TPSA) is 3.24 Å². The molecular weight excluding hydrogens is 711 g/mol. The van der Waals surface area contributed by atoms with E-state index in [0.717, 1.165) is 17.1 Å². The molecule has 0 spiro atoms. The van der Waals surface area contributed by atoms with Crippen molar-refractivity contribution < 1.29 is 0 Å². The zero-order chi connectivity index (χ0) is 39.1. The molecule has 0 aromatic heterocycles. The Morgan fingerprint density at radius 1 is 0.220 bits per heavy atom. The summed E-state index contributed by atoms with van der Waals surface area (Å²) >= 11 is 0. The molecule has 11 rings (SSSR count). The predicted octanol–water partition coefficient (Wildman–Crippen LogP) is 16.4. The maximum Gasteiger partial charge on any atom is 0.0462 e. The van der Waals surface area contributed by atoms with Gasteiger partial charge in [0.25, 0.3) is 0 Å². The Labute approximate surface area is 344 Å². The Bertz CT molecular complexity index is 3280. The van der Waals surface area contributed by atoms with E-state index in [1.54, 1.807) is 0 Å². The van der Waals surface area contributed by atoms with Gasteiger partial charge in [-0.05, 0) is 136 Å². The number of nitrogens with zero attached hydrogens (tertiary/aromatic N) is 1. The van der Waals surface area contributed by atoms with Gasteiger partial charge in [0, 0.05) is 17.1 Å². The first-order valence-corrected chi connectivity index (χ1v) is 20.3. The van der Waals surface area contributed by atoms with Gasteiger partial charge in [-0.3, -0.25) is 0 Å². The standard InChI is InChI=1S/C58H39N/c1-3-14-41(15-4-1)50-36-37-51(55-25-12-11-24-54(50)55)45-19-13-18-44(38-45)40-26-31-48(32-27-40)59(47-20-5-2-6-21-47)49-33-28-43(29-34-49)57-39-46-17-8-10-23-53(46)58-52-22-9-7-16-42(52)30-35-56(57)58/h1-39H. The van der Waals surface area contributed by atoms with Crippen molar-refractivity contribution in [2.24, 2.45) is 0 Å². The lowest BCUT2D eigenvalue weighted by atomic mass is 9.90. The minimum absolute atomic E-state index is 1.11. The molecule has 0 aliphatic carbocycles. The van der Waals surface area contributed by atoms with Gasteiger partial charge in [-0.2, -0.15) is 0 Å². The van der Waals surface area contributed by atoms with Gasteiger partial charge < -0.3 is 4.90 Å². The molecule has 11 aromatic carbocycles. The van der Waals surface area contributed by atoms with Crippen LogP contribution >= 0.6 is 0 Å². The maximum atomic E-state index is 2.35. The van der Waals surface area contributed by atoms with Gasteiger partial charge in [0.1, 0.15) is 0 Å². The van der Waals surface area contributed by atoms with E-state index in [2.05, 4.69) is 241 Å². The highest BCUT2D eigenvalue weighted by molar-refractivity contribution is 6.24. The molecule has 0 amide bonds. The molecule has 0 N–H and O–H groups in total. The molecule has 0 aliphatic heterocycles. The highest BCUT2D eigenvalue weighted by Crippen LogP contribution is 2.42. The van der Waals surface area contributed by atoms with Gasteiger partial charge in [0.2, 0.25) is 0 Å². The third kappa shape index (κ3) is 6.21. The molecule has 0 atom stereocenters. The molecule has 11 aromatic rings. The number of para-hydroxylation sites is 1. The van der Waals surface area contributed by atoms with Crippen LogP contribution in [0.25, 0.3) is 87.6 Å². The van der Waals surface area contributed by atoms with E-state index in [-0.39, 0.29) is 0 Å². The van der Waals surface area contributed by atoms with Gasteiger partial charge in [0.05, 0.1) is 0 Å². The molecule has 0 heterocycles. The first kappa shape index (κ1) is 34.5. The average molecular weight is 750 g/mol. The van der Waals surface area contributed by atoms with Crippen LogP contribution in [0.1, 0.15) is 0 Å². The molecule has 0 unspecified atom stereocenters. The van der Waals surface area contributed by atoms with E-state index in [1.165, 1.54) is 87.6 Å². The lowest BCUT2D eigenvalue weighted by molar-refractivity contribution is 1.28. The average Bonchev–Trinajstić information content (AvgIpc) is 3.32. The van der Waals surface area contributed by atoms with E-state index in [0.29, 0.717) is 0 Å². The predicted molar refractivity (Wildman–Crippen MR) is 253 cm³/mol. The van der Waals surface area contributed by atoms with E-state index in [9.17, 15) is 0 Å². The zero-order valence-corrected chi connectivity index (χ0v) is 32.5. The number of fused-ring (bicyclic) bond motifs is 6. The lowest BCUT2D eigenvalue weighted by Crippen LogP contribution is -2.09. The van der Waals surface area contributed by atoms with Crippen molar-refractivity contribution >= 4 is 60.2 Å². The number of hydrogen-bond donors (Lipinski definition) is 0. The number of benzene rings is 11. The van der Waals surface area contributed by atoms with E-state index in [4.69, 9.17) is 0 Å². The Hall–Kier alpha value is -7.74. The fourth-order valence-electron chi connectivity index (χ4n) is 9.01. The van der Waals surface area contributed by atoms with Gasteiger partial charge in [0.15, 0.2) is 0 Å². The molecule has 276 valence electrons. The number of anilines is 3. The first-order chi connectivity index (χ1) is 29.3. The van der Waals surface area contributed by atoms with Crippen LogP contribution in [-0.2, 0) is 0 Å². The summed E-state index contributed by atoms with van der Waals surface area (Å²) in [6, 6.07) is 86.1. The van der Waals surface area contributed by atoms with Crippen molar-refractivity contribution in [2.75, 3.05) is 4.90 Å². The van der Waals surface area contributed by atoms with Crippen molar-refractivity contribution in [1.82, 2.24) is 0 Å². The Morgan fingerprint density at radius 2 is 0.695 bits per heavy atom. The minimum Gasteiger partial charge on any atom is -0.311 e. The Balaban J connectivity index is 0.949. The summed E-state index contributed by atoms with van der Waals surface area (Å²) in [4.78, 5) is 2.34. The smallest absolute Gasteiger partial charge is 0.0462 e. The van der Waals surface area contributed by atoms with Crippen LogP contribution in [0.15, 0.2) is 237 Å². The third-order valence-electron chi connectivity index (χ3n) is 11.8. The van der Waals surface area contributed by atoms with Crippen LogP contribution < -0.4 is 4.90 Å².